The van der Waals surface area contributed by atoms with E-state index in [0.29, 0.717) is 17.1 Å². The minimum Gasteiger partial charge on any atom is -0.497 e. The minimum atomic E-state index is -0.237. The number of hydrogen-bond acceptors (Lipinski definition) is 6. The second-order valence-electron chi connectivity index (χ2n) is 6.27. The van der Waals surface area contributed by atoms with Gasteiger partial charge in [0, 0.05) is 36.5 Å². The highest BCUT2D eigenvalue weighted by atomic mass is 32.1. The Labute approximate surface area is 170 Å². The van der Waals surface area contributed by atoms with Gasteiger partial charge in [-0.2, -0.15) is 0 Å². The molecule has 0 unspecified atom stereocenters. The van der Waals surface area contributed by atoms with Crippen molar-refractivity contribution in [2.24, 2.45) is 0 Å². The monoisotopic (exact) mass is 406 g/mol. The summed E-state index contributed by atoms with van der Waals surface area (Å²) in [5, 5.41) is 9.01. The van der Waals surface area contributed by atoms with Crippen LogP contribution < -0.4 is 20.9 Å². The van der Waals surface area contributed by atoms with Crippen LogP contribution in [0.3, 0.4) is 0 Å². The molecule has 8 heteroatoms. The molecule has 29 heavy (non-hydrogen) atoms. The molecule has 0 aliphatic rings. The molecule has 1 aromatic carbocycles. The van der Waals surface area contributed by atoms with Crippen LogP contribution in [0.15, 0.2) is 65.0 Å². The molecule has 3 aromatic heterocycles. The number of aromatic nitrogens is 2. The Bertz CT molecular complexity index is 1210. The van der Waals surface area contributed by atoms with Crippen molar-refractivity contribution in [1.82, 2.24) is 9.97 Å². The van der Waals surface area contributed by atoms with Crippen LogP contribution in [0.4, 0.5) is 11.4 Å². The molecule has 1 amide bonds. The summed E-state index contributed by atoms with van der Waals surface area (Å²) in [6, 6.07) is 12.5. The molecule has 3 N–H and O–H groups in total. The highest BCUT2D eigenvalue weighted by Gasteiger charge is 2.14. The van der Waals surface area contributed by atoms with E-state index in [1.54, 1.807) is 19.4 Å². The summed E-state index contributed by atoms with van der Waals surface area (Å²) < 4.78 is 5.26. The standard InChI is InChI=1S/C21H18N4O3S/c1-28-15-3-4-16-13(6-8-22-18(16)10-15)11-23-17-7-9-29-20(17)21(27)25-14-2-5-19(26)24-12-14/h2-10,12,23H,11H2,1H3,(H,24,26)(H,25,27). The van der Waals surface area contributed by atoms with E-state index in [4.69, 9.17) is 4.74 Å². The topological polar surface area (TPSA) is 96.1 Å². The smallest absolute Gasteiger partial charge is 0.267 e. The number of pyridine rings is 2. The first-order chi connectivity index (χ1) is 14.1. The summed E-state index contributed by atoms with van der Waals surface area (Å²) in [6.45, 7) is 0.543. The lowest BCUT2D eigenvalue weighted by atomic mass is 10.1. The summed E-state index contributed by atoms with van der Waals surface area (Å²) in [6.07, 6.45) is 3.23. The van der Waals surface area contributed by atoms with Gasteiger partial charge in [0.2, 0.25) is 5.56 Å². The normalized spacial score (nSPS) is 10.7. The van der Waals surface area contributed by atoms with E-state index < -0.39 is 0 Å². The highest BCUT2D eigenvalue weighted by Crippen LogP contribution is 2.26. The number of methoxy groups -OCH3 is 1. The first-order valence-corrected chi connectivity index (χ1v) is 9.75. The maximum atomic E-state index is 12.6. The van der Waals surface area contributed by atoms with Gasteiger partial charge in [-0.05, 0) is 41.3 Å². The average Bonchev–Trinajstić information content (AvgIpc) is 3.22. The second kappa shape index (κ2) is 8.15. The van der Waals surface area contributed by atoms with E-state index in [1.165, 1.54) is 23.6 Å². The van der Waals surface area contributed by atoms with Gasteiger partial charge in [0.1, 0.15) is 10.6 Å². The lowest BCUT2D eigenvalue weighted by Crippen LogP contribution is -2.14. The Morgan fingerprint density at radius 3 is 2.90 bits per heavy atom. The third kappa shape index (κ3) is 4.12. The molecule has 4 aromatic rings. The molecule has 7 nitrogen and oxygen atoms in total. The number of amides is 1. The van der Waals surface area contributed by atoms with Crippen LogP contribution in [0.25, 0.3) is 10.9 Å². The first-order valence-electron chi connectivity index (χ1n) is 8.87. The molecule has 0 atom stereocenters. The average molecular weight is 406 g/mol. The predicted octanol–water partition coefficient (Wildman–Crippen LogP) is 3.86. The zero-order chi connectivity index (χ0) is 20.2. The number of H-pyrrole nitrogens is 1. The Balaban J connectivity index is 1.51. The number of fused-ring (bicyclic) bond motifs is 1. The maximum Gasteiger partial charge on any atom is 0.267 e. The van der Waals surface area contributed by atoms with E-state index in [-0.39, 0.29) is 11.5 Å². The fourth-order valence-electron chi connectivity index (χ4n) is 2.96. The van der Waals surface area contributed by atoms with Crippen LogP contribution in [0.5, 0.6) is 5.75 Å². The summed E-state index contributed by atoms with van der Waals surface area (Å²) in [5.41, 5.74) is 2.97. The quantitative estimate of drug-likeness (QED) is 0.452. The van der Waals surface area contributed by atoms with Crippen LogP contribution in [-0.2, 0) is 6.54 Å². The van der Waals surface area contributed by atoms with Gasteiger partial charge in [-0.15, -0.1) is 11.3 Å². The number of hydrogen-bond donors (Lipinski definition) is 3. The molecular formula is C21H18N4O3S. The molecular weight excluding hydrogens is 388 g/mol. The van der Waals surface area contributed by atoms with Gasteiger partial charge in [-0.25, -0.2) is 0 Å². The third-order valence-corrected chi connectivity index (χ3v) is 5.34. The minimum absolute atomic E-state index is 0.219. The van der Waals surface area contributed by atoms with Gasteiger partial charge in [-0.1, -0.05) is 0 Å². The molecule has 3 heterocycles. The summed E-state index contributed by atoms with van der Waals surface area (Å²) in [4.78, 5) is 31.3. The van der Waals surface area contributed by atoms with Gasteiger partial charge < -0.3 is 20.4 Å². The van der Waals surface area contributed by atoms with Crippen LogP contribution in [0, 0.1) is 0 Å². The van der Waals surface area contributed by atoms with E-state index in [1.807, 2.05) is 35.7 Å². The van der Waals surface area contributed by atoms with Crippen molar-refractivity contribution in [1.29, 1.82) is 0 Å². The number of aromatic amines is 1. The summed E-state index contributed by atoms with van der Waals surface area (Å²) in [5.74, 6) is 0.521. The fraction of sp³-hybridized carbons (Fsp3) is 0.0952. The predicted molar refractivity (Wildman–Crippen MR) is 115 cm³/mol. The second-order valence-corrected chi connectivity index (χ2v) is 7.18. The third-order valence-electron chi connectivity index (χ3n) is 4.42. The number of ether oxygens (including phenoxy) is 1. The molecule has 0 saturated carbocycles. The number of thiophene rings is 1. The Kier molecular flexibility index (Phi) is 5.26. The SMILES string of the molecule is COc1ccc2c(CNc3ccsc3C(=O)Nc3ccc(=O)[nH]c3)ccnc2c1. The number of anilines is 2. The molecule has 4 rings (SSSR count). The van der Waals surface area contributed by atoms with E-state index >= 15 is 0 Å². The molecule has 0 bridgehead atoms. The van der Waals surface area contributed by atoms with Crippen LogP contribution >= 0.6 is 11.3 Å². The number of carbonyl (C=O) groups is 1. The lowest BCUT2D eigenvalue weighted by Gasteiger charge is -2.11. The largest absolute Gasteiger partial charge is 0.497 e. The van der Waals surface area contributed by atoms with Crippen molar-refractivity contribution in [2.75, 3.05) is 17.7 Å². The lowest BCUT2D eigenvalue weighted by molar-refractivity contribution is 0.103. The van der Waals surface area contributed by atoms with Crippen LogP contribution in [0.2, 0.25) is 0 Å². The van der Waals surface area contributed by atoms with Crippen molar-refractivity contribution in [3.8, 4) is 5.75 Å². The number of carbonyl (C=O) groups excluding carboxylic acids is 1. The summed E-state index contributed by atoms with van der Waals surface area (Å²) >= 11 is 1.35. The maximum absolute atomic E-state index is 12.6. The van der Waals surface area contributed by atoms with Crippen molar-refractivity contribution in [2.45, 2.75) is 6.54 Å². The first kappa shape index (κ1) is 18.7. The number of rotatable bonds is 6. The zero-order valence-electron chi connectivity index (χ0n) is 15.6. The molecule has 0 spiro atoms. The zero-order valence-corrected chi connectivity index (χ0v) is 16.4. The van der Waals surface area contributed by atoms with Gasteiger partial charge in [0.15, 0.2) is 0 Å². The number of benzene rings is 1. The molecule has 0 aliphatic carbocycles. The van der Waals surface area contributed by atoms with E-state index in [0.717, 1.165) is 27.9 Å². The summed E-state index contributed by atoms with van der Waals surface area (Å²) in [7, 11) is 1.63. The fourth-order valence-corrected chi connectivity index (χ4v) is 3.72. The van der Waals surface area contributed by atoms with Gasteiger partial charge in [-0.3, -0.25) is 14.6 Å². The van der Waals surface area contributed by atoms with Crippen molar-refractivity contribution < 1.29 is 9.53 Å². The number of nitrogens with zero attached hydrogens (tertiary/aromatic N) is 1. The molecule has 0 radical (unpaired) electrons. The molecule has 0 aliphatic heterocycles. The van der Waals surface area contributed by atoms with Gasteiger partial charge in [0.25, 0.3) is 5.91 Å². The molecule has 146 valence electrons. The Hall–Kier alpha value is -3.65. The highest BCUT2D eigenvalue weighted by molar-refractivity contribution is 7.12. The van der Waals surface area contributed by atoms with Gasteiger partial charge in [0.05, 0.1) is 24.0 Å². The Morgan fingerprint density at radius 2 is 2.10 bits per heavy atom. The Morgan fingerprint density at radius 1 is 1.21 bits per heavy atom. The van der Waals surface area contributed by atoms with E-state index in [9.17, 15) is 9.59 Å². The van der Waals surface area contributed by atoms with Gasteiger partial charge >= 0.3 is 0 Å². The molecule has 0 fully saturated rings. The number of nitrogens with one attached hydrogen (secondary N) is 3. The van der Waals surface area contributed by atoms with Crippen molar-refractivity contribution in [3.63, 3.8) is 0 Å². The molecule has 0 saturated heterocycles. The van der Waals surface area contributed by atoms with Crippen LogP contribution in [-0.4, -0.2) is 23.0 Å². The van der Waals surface area contributed by atoms with Crippen molar-refractivity contribution >= 4 is 39.5 Å². The van der Waals surface area contributed by atoms with Crippen molar-refractivity contribution in [3.05, 3.63) is 81.0 Å². The van der Waals surface area contributed by atoms with E-state index in [2.05, 4.69) is 20.6 Å². The van der Waals surface area contributed by atoms with Crippen LogP contribution in [0.1, 0.15) is 15.2 Å².